The molecule has 2 atom stereocenters. The number of morpholine rings is 1. The minimum absolute atomic E-state index is 0.0578. The average Bonchev–Trinajstić information content (AvgIpc) is 2.57. The molecule has 1 aromatic carbocycles. The molecule has 5 nitrogen and oxygen atoms in total. The predicted octanol–water partition coefficient (Wildman–Crippen LogP) is 2.71. The Balaban J connectivity index is 1.65. The predicted molar refractivity (Wildman–Crippen MR) is 101 cm³/mol. The highest BCUT2D eigenvalue weighted by Crippen LogP contribution is 2.13. The summed E-state index contributed by atoms with van der Waals surface area (Å²) in [6, 6.07) is 7.70. The highest BCUT2D eigenvalue weighted by atomic mass is 16.5. The van der Waals surface area contributed by atoms with Gasteiger partial charge in [0.05, 0.1) is 18.8 Å². The zero-order valence-corrected chi connectivity index (χ0v) is 15.5. The lowest BCUT2D eigenvalue weighted by molar-refractivity contribution is -0.116. The zero-order valence-electron chi connectivity index (χ0n) is 15.5. The molecular weight excluding hydrogens is 316 g/mol. The van der Waals surface area contributed by atoms with Crippen molar-refractivity contribution in [1.82, 2.24) is 10.2 Å². The highest BCUT2D eigenvalue weighted by Gasteiger charge is 2.21. The maximum Gasteiger partial charge on any atom is 0.243 e. The van der Waals surface area contributed by atoms with Gasteiger partial charge in [-0.3, -0.25) is 9.69 Å². The van der Waals surface area contributed by atoms with Crippen LogP contribution in [0, 0.1) is 0 Å². The second kappa shape index (κ2) is 10.2. The molecule has 138 valence electrons. The van der Waals surface area contributed by atoms with E-state index in [-0.39, 0.29) is 18.1 Å². The monoisotopic (exact) mass is 346 g/mol. The smallest absolute Gasteiger partial charge is 0.243 e. The minimum Gasteiger partial charge on any atom is -0.494 e. The number of hydrogen-bond acceptors (Lipinski definition) is 4. The van der Waals surface area contributed by atoms with Gasteiger partial charge in [-0.2, -0.15) is 0 Å². The molecule has 25 heavy (non-hydrogen) atoms. The van der Waals surface area contributed by atoms with Crippen molar-refractivity contribution in [1.29, 1.82) is 0 Å². The van der Waals surface area contributed by atoms with Crippen molar-refractivity contribution in [2.45, 2.75) is 39.4 Å². The molecule has 2 unspecified atom stereocenters. The number of carbonyl (C=O) groups is 1. The minimum atomic E-state index is -0.0578. The van der Waals surface area contributed by atoms with E-state index < -0.39 is 0 Å². The Kier molecular flexibility index (Phi) is 7.95. The number of nitrogens with one attached hydrogen (secondary N) is 1. The van der Waals surface area contributed by atoms with Crippen LogP contribution < -0.4 is 10.1 Å². The number of rotatable bonds is 8. The average molecular weight is 346 g/mol. The maximum absolute atomic E-state index is 11.9. The van der Waals surface area contributed by atoms with E-state index in [9.17, 15) is 4.79 Å². The molecule has 2 rings (SSSR count). The van der Waals surface area contributed by atoms with Crippen LogP contribution in [0.25, 0.3) is 6.08 Å². The molecule has 0 bridgehead atoms. The Hall–Kier alpha value is -1.85. The van der Waals surface area contributed by atoms with Crippen molar-refractivity contribution in [2.75, 3.05) is 32.8 Å². The normalized spacial score (nSPS) is 21.4. The summed E-state index contributed by atoms with van der Waals surface area (Å²) in [5.41, 5.74) is 0.981. The third kappa shape index (κ3) is 7.28. The first-order valence-electron chi connectivity index (χ1n) is 9.13. The first-order valence-corrected chi connectivity index (χ1v) is 9.13. The van der Waals surface area contributed by atoms with Crippen LogP contribution in [0.2, 0.25) is 0 Å². The Morgan fingerprint density at radius 2 is 1.96 bits per heavy atom. The Labute approximate surface area is 151 Å². The van der Waals surface area contributed by atoms with Gasteiger partial charge in [-0.05, 0) is 51.0 Å². The molecule has 0 radical (unpaired) electrons. The molecule has 0 spiro atoms. The van der Waals surface area contributed by atoms with Gasteiger partial charge in [0.25, 0.3) is 0 Å². The summed E-state index contributed by atoms with van der Waals surface area (Å²) in [6.45, 7) is 10.4. The second-order valence-corrected chi connectivity index (χ2v) is 6.50. The molecule has 1 fully saturated rings. The number of carbonyl (C=O) groups excluding carboxylic acids is 1. The number of amides is 1. The van der Waals surface area contributed by atoms with E-state index in [0.717, 1.165) is 37.4 Å². The van der Waals surface area contributed by atoms with Crippen LogP contribution >= 0.6 is 0 Å². The van der Waals surface area contributed by atoms with Gasteiger partial charge < -0.3 is 14.8 Å². The molecule has 1 aliphatic heterocycles. The lowest BCUT2D eigenvalue weighted by Crippen LogP contribution is -2.46. The molecule has 1 N–H and O–H groups in total. The molecular formula is C20H30N2O3. The number of nitrogens with zero attached hydrogens (tertiary/aromatic N) is 1. The van der Waals surface area contributed by atoms with Crippen molar-refractivity contribution in [3.63, 3.8) is 0 Å². The van der Waals surface area contributed by atoms with Crippen LogP contribution in [0.5, 0.6) is 5.75 Å². The van der Waals surface area contributed by atoms with Crippen LogP contribution in [0.3, 0.4) is 0 Å². The molecule has 5 heteroatoms. The largest absolute Gasteiger partial charge is 0.494 e. The molecule has 0 aliphatic carbocycles. The van der Waals surface area contributed by atoms with E-state index in [1.165, 1.54) is 0 Å². The molecule has 1 heterocycles. The molecule has 1 amide bonds. The number of ether oxygens (including phenoxy) is 2. The third-order valence-electron chi connectivity index (χ3n) is 4.06. The molecule has 0 saturated carbocycles. The van der Waals surface area contributed by atoms with E-state index in [1.807, 2.05) is 37.3 Å². The van der Waals surface area contributed by atoms with E-state index in [0.29, 0.717) is 13.2 Å². The molecule has 1 aliphatic rings. The molecule has 1 saturated heterocycles. The fourth-order valence-corrected chi connectivity index (χ4v) is 3.05. The molecule has 0 aromatic heterocycles. The van der Waals surface area contributed by atoms with Crippen molar-refractivity contribution in [3.05, 3.63) is 35.9 Å². The Morgan fingerprint density at radius 3 is 2.60 bits per heavy atom. The van der Waals surface area contributed by atoms with Gasteiger partial charge in [0.2, 0.25) is 5.91 Å². The van der Waals surface area contributed by atoms with Crippen molar-refractivity contribution >= 4 is 12.0 Å². The van der Waals surface area contributed by atoms with Crippen LogP contribution in [0.4, 0.5) is 0 Å². The summed E-state index contributed by atoms with van der Waals surface area (Å²) < 4.78 is 11.1. The highest BCUT2D eigenvalue weighted by molar-refractivity contribution is 5.91. The van der Waals surface area contributed by atoms with Crippen LogP contribution in [0.1, 0.15) is 32.8 Å². The SMILES string of the molecule is CCOc1ccc(/C=C/C(=O)NCCCN2CC(C)OC(C)C2)cc1. The van der Waals surface area contributed by atoms with Gasteiger partial charge in [-0.15, -0.1) is 0 Å². The van der Waals surface area contributed by atoms with E-state index in [1.54, 1.807) is 6.08 Å². The lowest BCUT2D eigenvalue weighted by atomic mass is 10.2. The summed E-state index contributed by atoms with van der Waals surface area (Å²) in [6.07, 6.45) is 4.92. The summed E-state index contributed by atoms with van der Waals surface area (Å²) in [7, 11) is 0. The van der Waals surface area contributed by atoms with Gasteiger partial charge in [0, 0.05) is 32.3 Å². The van der Waals surface area contributed by atoms with Crippen LogP contribution in [0.15, 0.2) is 30.3 Å². The quantitative estimate of drug-likeness (QED) is 0.581. The van der Waals surface area contributed by atoms with Crippen molar-refractivity contribution in [2.24, 2.45) is 0 Å². The summed E-state index contributed by atoms with van der Waals surface area (Å²) in [5, 5.41) is 2.94. The van der Waals surface area contributed by atoms with Crippen LogP contribution in [-0.2, 0) is 9.53 Å². The maximum atomic E-state index is 11.9. The van der Waals surface area contributed by atoms with E-state index in [4.69, 9.17) is 9.47 Å². The van der Waals surface area contributed by atoms with E-state index >= 15 is 0 Å². The topological polar surface area (TPSA) is 50.8 Å². The first kappa shape index (κ1) is 19.5. The first-order chi connectivity index (χ1) is 12.1. The number of benzene rings is 1. The number of hydrogen-bond donors (Lipinski definition) is 1. The van der Waals surface area contributed by atoms with Crippen LogP contribution in [-0.4, -0.2) is 55.8 Å². The fraction of sp³-hybridized carbons (Fsp3) is 0.550. The Morgan fingerprint density at radius 1 is 1.28 bits per heavy atom. The standard InChI is InChI=1S/C20H30N2O3/c1-4-24-19-9-6-18(7-10-19)8-11-20(23)21-12-5-13-22-14-16(2)25-17(3)15-22/h6-11,16-17H,4-5,12-15H2,1-3H3,(H,21,23)/b11-8+. The summed E-state index contributed by atoms with van der Waals surface area (Å²) >= 11 is 0. The van der Waals surface area contributed by atoms with Gasteiger partial charge in [0.1, 0.15) is 5.75 Å². The van der Waals surface area contributed by atoms with Crippen molar-refractivity contribution < 1.29 is 14.3 Å². The van der Waals surface area contributed by atoms with Crippen molar-refractivity contribution in [3.8, 4) is 5.75 Å². The van der Waals surface area contributed by atoms with Gasteiger partial charge in [-0.25, -0.2) is 0 Å². The van der Waals surface area contributed by atoms with E-state index in [2.05, 4.69) is 24.1 Å². The van der Waals surface area contributed by atoms with Gasteiger partial charge >= 0.3 is 0 Å². The lowest BCUT2D eigenvalue weighted by Gasteiger charge is -2.35. The van der Waals surface area contributed by atoms with Gasteiger partial charge in [-0.1, -0.05) is 12.1 Å². The second-order valence-electron chi connectivity index (χ2n) is 6.50. The molecule has 1 aromatic rings. The summed E-state index contributed by atoms with van der Waals surface area (Å²) in [4.78, 5) is 14.3. The summed E-state index contributed by atoms with van der Waals surface area (Å²) in [5.74, 6) is 0.786. The fourth-order valence-electron chi connectivity index (χ4n) is 3.05. The third-order valence-corrected chi connectivity index (χ3v) is 4.06. The van der Waals surface area contributed by atoms with Gasteiger partial charge in [0.15, 0.2) is 0 Å². The Bertz CT molecular complexity index is 547. The zero-order chi connectivity index (χ0) is 18.1.